The Morgan fingerprint density at radius 2 is 2.04 bits per heavy atom. The van der Waals surface area contributed by atoms with Gasteiger partial charge < -0.3 is 9.47 Å². The van der Waals surface area contributed by atoms with Crippen LogP contribution in [0.15, 0.2) is 12.1 Å². The van der Waals surface area contributed by atoms with Crippen molar-refractivity contribution in [2.45, 2.75) is 32.8 Å². The van der Waals surface area contributed by atoms with E-state index < -0.39 is 24.3 Å². The van der Waals surface area contributed by atoms with Crippen LogP contribution in [0, 0.1) is 5.82 Å². The molecule has 0 atom stereocenters. The van der Waals surface area contributed by atoms with Gasteiger partial charge in [0.2, 0.25) is 5.88 Å². The van der Waals surface area contributed by atoms with Gasteiger partial charge in [0.1, 0.15) is 22.3 Å². The molecule has 5 nitrogen and oxygen atoms in total. The van der Waals surface area contributed by atoms with Crippen molar-refractivity contribution in [1.29, 1.82) is 0 Å². The van der Waals surface area contributed by atoms with E-state index in [1.54, 1.807) is 0 Å². The molecule has 0 aliphatic carbocycles. The van der Waals surface area contributed by atoms with Crippen LogP contribution in [-0.4, -0.2) is 22.4 Å². The predicted octanol–water partition coefficient (Wildman–Crippen LogP) is 5.23. The molecule has 0 saturated heterocycles. The maximum Gasteiger partial charge on any atom is 0.388 e. The Morgan fingerprint density at radius 1 is 1.35 bits per heavy atom. The average Bonchev–Trinajstić information content (AvgIpc) is 2.83. The predicted molar refractivity (Wildman–Crippen MR) is 90.4 cm³/mol. The standard InChI is InChI=1S/C16H15Cl2F3N2O3/c1-3-4-5-12(24)25-11-6-8(10(19)7-9(11)17)14-13(18)15(23(2)22-14)26-16(20)21/h6-7,16H,3-5H2,1-2H3. The fourth-order valence-corrected chi connectivity index (χ4v) is 2.65. The molecule has 26 heavy (non-hydrogen) atoms. The summed E-state index contributed by atoms with van der Waals surface area (Å²) in [5.74, 6) is -1.85. The summed E-state index contributed by atoms with van der Waals surface area (Å²) in [6.45, 7) is -1.21. The number of rotatable bonds is 7. The molecule has 0 saturated carbocycles. The van der Waals surface area contributed by atoms with Crippen molar-refractivity contribution in [3.63, 3.8) is 0 Å². The third-order valence-electron chi connectivity index (χ3n) is 3.38. The molecule has 1 heterocycles. The van der Waals surface area contributed by atoms with Gasteiger partial charge in [0.25, 0.3) is 0 Å². The minimum atomic E-state index is -3.12. The largest absolute Gasteiger partial charge is 0.425 e. The lowest BCUT2D eigenvalue weighted by atomic mass is 10.1. The minimum absolute atomic E-state index is 0.0813. The molecule has 0 unspecified atom stereocenters. The molecule has 0 N–H and O–H groups in total. The van der Waals surface area contributed by atoms with Gasteiger partial charge >= 0.3 is 12.6 Å². The molecule has 142 valence electrons. The molecule has 10 heteroatoms. The van der Waals surface area contributed by atoms with Crippen molar-refractivity contribution in [1.82, 2.24) is 9.78 Å². The van der Waals surface area contributed by atoms with Crippen molar-refractivity contribution in [3.05, 3.63) is 28.0 Å². The van der Waals surface area contributed by atoms with Crippen LogP contribution in [0.3, 0.4) is 0 Å². The van der Waals surface area contributed by atoms with Crippen LogP contribution >= 0.6 is 23.2 Å². The minimum Gasteiger partial charge on any atom is -0.425 e. The lowest BCUT2D eigenvalue weighted by molar-refractivity contribution is -0.134. The molecule has 2 rings (SSSR count). The number of hydrogen-bond acceptors (Lipinski definition) is 4. The highest BCUT2D eigenvalue weighted by Gasteiger charge is 2.24. The van der Waals surface area contributed by atoms with E-state index in [4.69, 9.17) is 27.9 Å². The quantitative estimate of drug-likeness (QED) is 0.463. The summed E-state index contributed by atoms with van der Waals surface area (Å²) < 4.78 is 49.6. The Kier molecular flexibility index (Phi) is 6.77. The van der Waals surface area contributed by atoms with Gasteiger partial charge in [0, 0.05) is 19.0 Å². The number of unbranched alkanes of at least 4 members (excludes halogenated alkanes) is 1. The number of carbonyl (C=O) groups excluding carboxylic acids is 1. The number of carbonyl (C=O) groups is 1. The highest BCUT2D eigenvalue weighted by molar-refractivity contribution is 6.34. The first-order chi connectivity index (χ1) is 12.2. The van der Waals surface area contributed by atoms with Gasteiger partial charge in [-0.1, -0.05) is 36.5 Å². The summed E-state index contributed by atoms with van der Waals surface area (Å²) in [5.41, 5.74) is -0.317. The zero-order valence-electron chi connectivity index (χ0n) is 13.9. The molecule has 1 aromatic carbocycles. The monoisotopic (exact) mass is 410 g/mol. The van der Waals surface area contributed by atoms with Crippen LogP contribution in [0.1, 0.15) is 26.2 Å². The van der Waals surface area contributed by atoms with Crippen molar-refractivity contribution in [2.24, 2.45) is 7.05 Å². The molecule has 0 spiro atoms. The van der Waals surface area contributed by atoms with E-state index in [1.807, 2.05) is 6.92 Å². The summed E-state index contributed by atoms with van der Waals surface area (Å²) in [5, 5.41) is 3.47. The normalized spacial score (nSPS) is 11.1. The number of ether oxygens (including phenoxy) is 2. The fraction of sp³-hybridized carbons (Fsp3) is 0.375. The van der Waals surface area contributed by atoms with E-state index in [9.17, 15) is 18.0 Å². The van der Waals surface area contributed by atoms with Crippen molar-refractivity contribution in [2.75, 3.05) is 0 Å². The van der Waals surface area contributed by atoms with Crippen LogP contribution in [0.4, 0.5) is 13.2 Å². The summed E-state index contributed by atoms with van der Waals surface area (Å²) in [6.07, 6.45) is 1.61. The second-order valence-corrected chi connectivity index (χ2v) is 6.10. The molecule has 0 amide bonds. The van der Waals surface area contributed by atoms with E-state index >= 15 is 0 Å². The summed E-state index contributed by atoms with van der Waals surface area (Å²) >= 11 is 11.9. The Labute approximate surface area is 157 Å². The first-order valence-corrected chi connectivity index (χ1v) is 8.37. The number of benzene rings is 1. The van der Waals surface area contributed by atoms with E-state index in [-0.39, 0.29) is 33.5 Å². The van der Waals surface area contributed by atoms with Crippen LogP contribution < -0.4 is 9.47 Å². The van der Waals surface area contributed by atoms with E-state index in [0.29, 0.717) is 6.42 Å². The topological polar surface area (TPSA) is 53.3 Å². The number of nitrogens with zero attached hydrogens (tertiary/aromatic N) is 2. The Hall–Kier alpha value is -1.93. The maximum absolute atomic E-state index is 14.3. The van der Waals surface area contributed by atoms with Crippen molar-refractivity contribution < 1.29 is 27.4 Å². The highest BCUT2D eigenvalue weighted by atomic mass is 35.5. The Balaban J connectivity index is 2.41. The van der Waals surface area contributed by atoms with Gasteiger partial charge in [-0.15, -0.1) is 0 Å². The molecule has 1 aromatic heterocycles. The molecule has 0 aliphatic rings. The molecular weight excluding hydrogens is 396 g/mol. The molecule has 0 fully saturated rings. The van der Waals surface area contributed by atoms with Crippen LogP contribution in [0.2, 0.25) is 10.0 Å². The third kappa shape index (κ3) is 4.62. The second kappa shape index (κ2) is 8.64. The second-order valence-electron chi connectivity index (χ2n) is 5.31. The zero-order chi connectivity index (χ0) is 19.4. The third-order valence-corrected chi connectivity index (χ3v) is 4.01. The van der Waals surface area contributed by atoms with Crippen LogP contribution in [0.5, 0.6) is 11.6 Å². The van der Waals surface area contributed by atoms with Crippen molar-refractivity contribution in [3.8, 4) is 22.9 Å². The van der Waals surface area contributed by atoms with Crippen LogP contribution in [0.25, 0.3) is 11.3 Å². The van der Waals surface area contributed by atoms with E-state index in [1.165, 1.54) is 7.05 Å². The van der Waals surface area contributed by atoms with Gasteiger partial charge in [0.15, 0.2) is 0 Å². The van der Waals surface area contributed by atoms with Crippen molar-refractivity contribution >= 4 is 29.2 Å². The number of aromatic nitrogens is 2. The maximum atomic E-state index is 14.3. The lowest BCUT2D eigenvalue weighted by Gasteiger charge is -2.09. The summed E-state index contributed by atoms with van der Waals surface area (Å²) in [4.78, 5) is 11.8. The average molecular weight is 411 g/mol. The first kappa shape index (κ1) is 20.4. The number of halogens is 5. The first-order valence-electron chi connectivity index (χ1n) is 7.62. The van der Waals surface area contributed by atoms with Crippen LogP contribution in [-0.2, 0) is 11.8 Å². The van der Waals surface area contributed by atoms with E-state index in [0.717, 1.165) is 23.2 Å². The SMILES string of the molecule is CCCCC(=O)Oc1cc(-c2nn(C)c(OC(F)F)c2Cl)c(F)cc1Cl. The highest BCUT2D eigenvalue weighted by Crippen LogP contribution is 2.39. The molecule has 0 bridgehead atoms. The van der Waals surface area contributed by atoms with Gasteiger partial charge in [0.05, 0.1) is 5.02 Å². The number of alkyl halides is 2. The summed E-state index contributed by atoms with van der Waals surface area (Å²) in [6, 6.07) is 2.07. The van der Waals surface area contributed by atoms with Gasteiger partial charge in [-0.05, 0) is 18.6 Å². The smallest absolute Gasteiger partial charge is 0.388 e. The number of hydrogen-bond donors (Lipinski definition) is 0. The van der Waals surface area contributed by atoms with Gasteiger partial charge in [-0.3, -0.25) is 4.79 Å². The molecule has 0 aliphatic heterocycles. The summed E-state index contributed by atoms with van der Waals surface area (Å²) in [7, 11) is 1.31. The molecular formula is C16H15Cl2F3N2O3. The number of aryl methyl sites for hydroxylation is 1. The fourth-order valence-electron chi connectivity index (χ4n) is 2.15. The molecule has 0 radical (unpaired) electrons. The van der Waals surface area contributed by atoms with Gasteiger partial charge in [-0.2, -0.15) is 13.9 Å². The Morgan fingerprint density at radius 3 is 2.65 bits per heavy atom. The lowest BCUT2D eigenvalue weighted by Crippen LogP contribution is -2.08. The zero-order valence-corrected chi connectivity index (χ0v) is 15.4. The van der Waals surface area contributed by atoms with Gasteiger partial charge in [-0.25, -0.2) is 9.07 Å². The Bertz CT molecular complexity index is 813. The number of esters is 1. The van der Waals surface area contributed by atoms with E-state index in [2.05, 4.69) is 9.84 Å². The molecule has 2 aromatic rings.